The fourth-order valence-electron chi connectivity index (χ4n) is 0.398. The minimum absolute atomic E-state index is 0.267. The zero-order valence-electron chi connectivity index (χ0n) is 5.87. The number of alkyl halides is 3. The first kappa shape index (κ1) is 11.0. The smallest absolute Gasteiger partial charge is 0.0886 e. The molecule has 10 heavy (non-hydrogen) atoms. The molecule has 1 unspecified atom stereocenters. The fourth-order valence-corrected chi connectivity index (χ4v) is 1.24. The van der Waals surface area contributed by atoms with Crippen LogP contribution in [0.2, 0.25) is 0 Å². The van der Waals surface area contributed by atoms with Crippen molar-refractivity contribution >= 4 is 39.1 Å². The third-order valence-corrected chi connectivity index (χ3v) is 3.00. The van der Waals surface area contributed by atoms with Gasteiger partial charge in [0.2, 0.25) is 0 Å². The van der Waals surface area contributed by atoms with Crippen molar-refractivity contribution in [1.82, 2.24) is 0 Å². The van der Waals surface area contributed by atoms with E-state index >= 15 is 0 Å². The molecule has 0 N–H and O–H groups in total. The Morgan fingerprint density at radius 2 is 2.10 bits per heavy atom. The van der Waals surface area contributed by atoms with Crippen LogP contribution in [0.25, 0.3) is 0 Å². The Morgan fingerprint density at radius 3 is 2.40 bits per heavy atom. The molecule has 0 radical (unpaired) electrons. The summed E-state index contributed by atoms with van der Waals surface area (Å²) in [4.78, 5) is 0. The molecular weight excluding hydrogens is 239 g/mol. The lowest BCUT2D eigenvalue weighted by molar-refractivity contribution is 0.0141. The highest BCUT2D eigenvalue weighted by atomic mass is 79.9. The lowest BCUT2D eigenvalue weighted by Gasteiger charge is -2.24. The summed E-state index contributed by atoms with van der Waals surface area (Å²) in [6.07, 6.45) is 0. The normalized spacial score (nSPS) is 16.8. The van der Waals surface area contributed by atoms with Gasteiger partial charge in [0.25, 0.3) is 0 Å². The fraction of sp³-hybridized carbons (Fsp3) is 1.00. The predicted molar refractivity (Wildman–Crippen MR) is 49.6 cm³/mol. The number of halogens is 3. The maximum atomic E-state index is 5.65. The van der Waals surface area contributed by atoms with Gasteiger partial charge in [0.05, 0.1) is 18.1 Å². The molecule has 0 aliphatic heterocycles. The van der Waals surface area contributed by atoms with Crippen molar-refractivity contribution in [1.29, 1.82) is 0 Å². The zero-order valence-corrected chi connectivity index (χ0v) is 8.97. The minimum atomic E-state index is -0.267. The first-order chi connectivity index (χ1) is 4.68. The molecule has 0 aliphatic rings. The van der Waals surface area contributed by atoms with Crippen LogP contribution in [0.1, 0.15) is 6.92 Å². The van der Waals surface area contributed by atoms with Gasteiger partial charge in [-0.1, -0.05) is 15.9 Å². The molecule has 4 heteroatoms. The Balaban J connectivity index is 3.58. The molecule has 1 nitrogen and oxygen atoms in total. The second-order valence-electron chi connectivity index (χ2n) is 2.25. The highest BCUT2D eigenvalue weighted by Gasteiger charge is 2.21. The zero-order chi connectivity index (χ0) is 8.04. The highest BCUT2D eigenvalue weighted by molar-refractivity contribution is 9.09. The van der Waals surface area contributed by atoms with E-state index in [1.165, 1.54) is 0 Å². The van der Waals surface area contributed by atoms with Crippen LogP contribution in [0.4, 0.5) is 0 Å². The summed E-state index contributed by atoms with van der Waals surface area (Å²) in [5.74, 6) is 0.995. The molecule has 0 amide bonds. The summed E-state index contributed by atoms with van der Waals surface area (Å²) >= 11 is 14.4. The lowest BCUT2D eigenvalue weighted by Crippen LogP contribution is -2.33. The van der Waals surface area contributed by atoms with Crippen molar-refractivity contribution in [2.75, 3.05) is 23.7 Å². The minimum Gasteiger partial charge on any atom is -0.372 e. The Labute approximate surface area is 80.2 Å². The third-order valence-electron chi connectivity index (χ3n) is 1.09. The molecule has 0 aromatic rings. The Morgan fingerprint density at radius 1 is 1.50 bits per heavy atom. The summed E-state index contributed by atoms with van der Waals surface area (Å²) in [6.45, 7) is 2.50. The molecule has 0 fully saturated rings. The van der Waals surface area contributed by atoms with Crippen LogP contribution in [-0.2, 0) is 4.74 Å². The first-order valence-electron chi connectivity index (χ1n) is 3.00. The molecular formula is C6H11BrCl2O. The molecule has 0 spiro atoms. The summed E-state index contributed by atoms with van der Waals surface area (Å²) < 4.78 is 5.37. The summed E-state index contributed by atoms with van der Waals surface area (Å²) in [7, 11) is 0. The average Bonchev–Trinajstić information content (AvgIpc) is 2.00. The van der Waals surface area contributed by atoms with Gasteiger partial charge in [0.1, 0.15) is 0 Å². The molecule has 0 saturated carbocycles. The SMILES string of the molecule is CC(CCl)(CBr)OCCCl. The maximum Gasteiger partial charge on any atom is 0.0886 e. The molecule has 0 rings (SSSR count). The highest BCUT2D eigenvalue weighted by Crippen LogP contribution is 2.15. The molecule has 0 aromatic carbocycles. The maximum absolute atomic E-state index is 5.65. The van der Waals surface area contributed by atoms with Gasteiger partial charge in [-0.3, -0.25) is 0 Å². The molecule has 0 heterocycles. The number of hydrogen-bond acceptors (Lipinski definition) is 1. The van der Waals surface area contributed by atoms with Gasteiger partial charge < -0.3 is 4.74 Å². The molecule has 62 valence electrons. The van der Waals surface area contributed by atoms with Gasteiger partial charge >= 0.3 is 0 Å². The number of hydrogen-bond donors (Lipinski definition) is 0. The summed E-state index contributed by atoms with van der Waals surface area (Å²) in [5.41, 5.74) is -0.267. The van der Waals surface area contributed by atoms with E-state index in [4.69, 9.17) is 27.9 Å². The van der Waals surface area contributed by atoms with Crippen LogP contribution in [0.15, 0.2) is 0 Å². The standard InChI is InChI=1S/C6H11BrCl2O/c1-6(4-7,5-9)10-3-2-8/h2-5H2,1H3. The quantitative estimate of drug-likeness (QED) is 0.681. The van der Waals surface area contributed by atoms with Gasteiger partial charge in [0.15, 0.2) is 0 Å². The van der Waals surface area contributed by atoms with Crippen molar-refractivity contribution in [2.24, 2.45) is 0 Å². The largest absolute Gasteiger partial charge is 0.372 e. The molecule has 1 atom stereocenters. The van der Waals surface area contributed by atoms with E-state index in [-0.39, 0.29) is 5.60 Å². The third kappa shape index (κ3) is 4.02. The Kier molecular flexibility index (Phi) is 6.22. The van der Waals surface area contributed by atoms with E-state index in [9.17, 15) is 0 Å². The summed E-state index contributed by atoms with van der Waals surface area (Å²) in [6, 6.07) is 0. The Bertz CT molecular complexity index is 85.8. The Hall–Kier alpha value is 1.02. The van der Waals surface area contributed by atoms with Crippen LogP contribution in [0.3, 0.4) is 0 Å². The molecule has 0 aromatic heterocycles. The van der Waals surface area contributed by atoms with Crippen molar-refractivity contribution in [3.8, 4) is 0 Å². The van der Waals surface area contributed by atoms with Gasteiger partial charge in [-0.05, 0) is 6.92 Å². The van der Waals surface area contributed by atoms with Crippen LogP contribution in [0, 0.1) is 0 Å². The lowest BCUT2D eigenvalue weighted by atomic mass is 10.2. The van der Waals surface area contributed by atoms with E-state index in [0.29, 0.717) is 18.4 Å². The second kappa shape index (κ2) is 5.64. The van der Waals surface area contributed by atoms with E-state index in [1.807, 2.05) is 6.92 Å². The van der Waals surface area contributed by atoms with E-state index in [1.54, 1.807) is 0 Å². The van der Waals surface area contributed by atoms with Crippen molar-refractivity contribution < 1.29 is 4.74 Å². The topological polar surface area (TPSA) is 9.23 Å². The van der Waals surface area contributed by atoms with Gasteiger partial charge in [-0.2, -0.15) is 0 Å². The van der Waals surface area contributed by atoms with Crippen LogP contribution in [-0.4, -0.2) is 29.3 Å². The second-order valence-corrected chi connectivity index (χ2v) is 3.46. The van der Waals surface area contributed by atoms with Crippen LogP contribution in [0.5, 0.6) is 0 Å². The van der Waals surface area contributed by atoms with Gasteiger partial charge in [-0.25, -0.2) is 0 Å². The van der Waals surface area contributed by atoms with Crippen molar-refractivity contribution in [3.63, 3.8) is 0 Å². The van der Waals surface area contributed by atoms with Crippen LogP contribution < -0.4 is 0 Å². The van der Waals surface area contributed by atoms with Crippen molar-refractivity contribution in [2.45, 2.75) is 12.5 Å². The monoisotopic (exact) mass is 248 g/mol. The van der Waals surface area contributed by atoms with Gasteiger partial charge in [0, 0.05) is 11.2 Å². The van der Waals surface area contributed by atoms with E-state index in [0.717, 1.165) is 5.33 Å². The molecule has 0 saturated heterocycles. The summed E-state index contributed by atoms with van der Waals surface area (Å²) in [5, 5.41) is 0.736. The van der Waals surface area contributed by atoms with Crippen molar-refractivity contribution in [3.05, 3.63) is 0 Å². The van der Waals surface area contributed by atoms with Crippen LogP contribution >= 0.6 is 39.1 Å². The van der Waals surface area contributed by atoms with E-state index in [2.05, 4.69) is 15.9 Å². The number of ether oxygens (including phenoxy) is 1. The molecule has 0 bridgehead atoms. The predicted octanol–water partition coefficient (Wildman–Crippen LogP) is 2.63. The first-order valence-corrected chi connectivity index (χ1v) is 5.19. The van der Waals surface area contributed by atoms with Gasteiger partial charge in [-0.15, -0.1) is 23.2 Å². The van der Waals surface area contributed by atoms with E-state index < -0.39 is 0 Å². The average molecular weight is 250 g/mol. The molecule has 0 aliphatic carbocycles. The number of rotatable bonds is 5.